The van der Waals surface area contributed by atoms with Crippen molar-refractivity contribution in [2.45, 2.75) is 25.7 Å². The van der Waals surface area contributed by atoms with Gasteiger partial charge in [0.25, 0.3) is 0 Å². The van der Waals surface area contributed by atoms with Gasteiger partial charge in [-0.1, -0.05) is 36.4 Å². The molecule has 0 amide bonds. The molecule has 5 rings (SSSR count). The summed E-state index contributed by atoms with van der Waals surface area (Å²) in [6.45, 7) is 0. The highest BCUT2D eigenvalue weighted by atomic mass is 16.3. The number of aromatic nitrogens is 1. The molecule has 0 saturated heterocycles. The van der Waals surface area contributed by atoms with Crippen molar-refractivity contribution in [1.82, 2.24) is 4.98 Å². The first-order valence-electron chi connectivity index (χ1n) is 8.28. The monoisotopic (exact) mass is 299 g/mol. The number of aryl methyl sites for hydroxylation is 2. The highest BCUT2D eigenvalue weighted by Crippen LogP contribution is 2.37. The van der Waals surface area contributed by atoms with Crippen LogP contribution in [0.1, 0.15) is 24.2 Å². The Kier molecular flexibility index (Phi) is 2.77. The Hall–Kier alpha value is -2.61. The van der Waals surface area contributed by atoms with E-state index >= 15 is 0 Å². The third kappa shape index (κ3) is 1.98. The van der Waals surface area contributed by atoms with Gasteiger partial charge >= 0.3 is 0 Å². The largest absolute Gasteiger partial charge is 0.460 e. The number of furan rings is 1. The molecule has 0 atom stereocenters. The van der Waals surface area contributed by atoms with E-state index in [2.05, 4.69) is 47.4 Å². The molecule has 2 nitrogen and oxygen atoms in total. The summed E-state index contributed by atoms with van der Waals surface area (Å²) in [7, 11) is 0. The second kappa shape index (κ2) is 4.95. The maximum atomic E-state index is 6.25. The first-order chi connectivity index (χ1) is 11.4. The van der Waals surface area contributed by atoms with E-state index in [1.165, 1.54) is 40.3 Å². The molecule has 0 unspecified atom stereocenters. The van der Waals surface area contributed by atoms with Gasteiger partial charge in [0.05, 0.1) is 5.69 Å². The van der Waals surface area contributed by atoms with Crippen molar-refractivity contribution in [3.8, 4) is 11.3 Å². The van der Waals surface area contributed by atoms with Crippen LogP contribution in [0.5, 0.6) is 0 Å². The minimum absolute atomic E-state index is 0.986. The molecule has 2 aromatic heterocycles. The Balaban J connectivity index is 1.76. The quantitative estimate of drug-likeness (QED) is 0.462. The summed E-state index contributed by atoms with van der Waals surface area (Å²) in [6.07, 6.45) is 6.65. The smallest absolute Gasteiger partial charge is 0.143 e. The van der Waals surface area contributed by atoms with Gasteiger partial charge in [-0.3, -0.25) is 4.98 Å². The molecular weight excluding hydrogens is 282 g/mol. The van der Waals surface area contributed by atoms with Gasteiger partial charge in [-0.25, -0.2) is 0 Å². The molecule has 0 bridgehead atoms. The maximum Gasteiger partial charge on any atom is 0.143 e. The van der Waals surface area contributed by atoms with Crippen molar-refractivity contribution in [1.29, 1.82) is 0 Å². The van der Waals surface area contributed by atoms with E-state index in [1.807, 2.05) is 12.3 Å². The predicted octanol–water partition coefficient (Wildman–Crippen LogP) is 5.53. The summed E-state index contributed by atoms with van der Waals surface area (Å²) in [6, 6.07) is 16.9. The van der Waals surface area contributed by atoms with E-state index in [-0.39, 0.29) is 0 Å². The highest BCUT2D eigenvalue weighted by Gasteiger charge is 2.20. The lowest BCUT2D eigenvalue weighted by atomic mass is 9.95. The van der Waals surface area contributed by atoms with Crippen LogP contribution in [0.25, 0.3) is 33.0 Å². The number of hydrogen-bond acceptors (Lipinski definition) is 2. The Morgan fingerprint density at radius 3 is 2.70 bits per heavy atom. The van der Waals surface area contributed by atoms with Gasteiger partial charge in [0.1, 0.15) is 11.3 Å². The summed E-state index contributed by atoms with van der Waals surface area (Å²) >= 11 is 0. The summed E-state index contributed by atoms with van der Waals surface area (Å²) in [5.41, 5.74) is 4.50. The fraction of sp³-hybridized carbons (Fsp3) is 0.190. The zero-order valence-corrected chi connectivity index (χ0v) is 12.9. The lowest BCUT2D eigenvalue weighted by Crippen LogP contribution is -1.98. The van der Waals surface area contributed by atoms with E-state index in [0.29, 0.717) is 0 Å². The van der Waals surface area contributed by atoms with E-state index in [9.17, 15) is 0 Å². The summed E-state index contributed by atoms with van der Waals surface area (Å²) < 4.78 is 6.25. The summed E-state index contributed by atoms with van der Waals surface area (Å²) in [5.74, 6) is 1.18. The molecule has 2 aromatic carbocycles. The molecule has 112 valence electrons. The Labute approximate surface area is 134 Å². The van der Waals surface area contributed by atoms with Crippen LogP contribution in [-0.2, 0) is 12.8 Å². The predicted molar refractivity (Wildman–Crippen MR) is 93.6 cm³/mol. The van der Waals surface area contributed by atoms with Crippen molar-refractivity contribution in [2.75, 3.05) is 0 Å². The molecule has 0 spiro atoms. The number of fused-ring (bicyclic) bond motifs is 4. The Morgan fingerprint density at radius 2 is 1.74 bits per heavy atom. The van der Waals surface area contributed by atoms with Crippen LogP contribution in [0.3, 0.4) is 0 Å². The molecule has 0 saturated carbocycles. The maximum absolute atomic E-state index is 6.25. The van der Waals surface area contributed by atoms with Crippen LogP contribution in [0, 0.1) is 0 Å². The topological polar surface area (TPSA) is 26.0 Å². The molecule has 0 N–H and O–H groups in total. The number of nitrogens with zero attached hydrogens (tertiary/aromatic N) is 1. The van der Waals surface area contributed by atoms with Gasteiger partial charge in [-0.15, -0.1) is 0 Å². The fourth-order valence-electron chi connectivity index (χ4n) is 3.72. The second-order valence-electron chi connectivity index (χ2n) is 6.31. The fourth-order valence-corrected chi connectivity index (χ4v) is 3.72. The number of pyridine rings is 1. The van der Waals surface area contributed by atoms with Crippen molar-refractivity contribution in [3.05, 3.63) is 66.1 Å². The van der Waals surface area contributed by atoms with Gasteiger partial charge in [0.2, 0.25) is 0 Å². The number of para-hydroxylation sites is 1. The minimum atomic E-state index is 0.986. The second-order valence-corrected chi connectivity index (χ2v) is 6.31. The molecule has 1 aliphatic rings. The molecule has 0 aliphatic heterocycles. The third-order valence-electron chi connectivity index (χ3n) is 4.89. The molecule has 2 heteroatoms. The average molecular weight is 299 g/mol. The van der Waals surface area contributed by atoms with Gasteiger partial charge in [0.15, 0.2) is 0 Å². The normalized spacial score (nSPS) is 14.3. The van der Waals surface area contributed by atoms with Crippen molar-refractivity contribution >= 4 is 21.7 Å². The molecule has 4 aromatic rings. The molecule has 1 aliphatic carbocycles. The molecule has 0 radical (unpaired) electrons. The highest BCUT2D eigenvalue weighted by molar-refractivity contribution is 5.96. The van der Waals surface area contributed by atoms with Crippen LogP contribution in [0.15, 0.2) is 59.1 Å². The lowest BCUT2D eigenvalue weighted by Gasteiger charge is -2.08. The number of rotatable bonds is 1. The van der Waals surface area contributed by atoms with Crippen LogP contribution in [-0.4, -0.2) is 4.98 Å². The van der Waals surface area contributed by atoms with E-state index in [4.69, 9.17) is 4.42 Å². The molecule has 0 fully saturated rings. The molecule has 2 heterocycles. The van der Waals surface area contributed by atoms with E-state index in [1.54, 1.807) is 0 Å². The van der Waals surface area contributed by atoms with Crippen molar-refractivity contribution in [2.24, 2.45) is 0 Å². The zero-order valence-electron chi connectivity index (χ0n) is 12.9. The van der Waals surface area contributed by atoms with Crippen LogP contribution in [0.2, 0.25) is 0 Å². The molecule has 23 heavy (non-hydrogen) atoms. The van der Waals surface area contributed by atoms with Crippen LogP contribution >= 0.6 is 0 Å². The van der Waals surface area contributed by atoms with Gasteiger partial charge in [-0.05, 0) is 36.8 Å². The lowest BCUT2D eigenvalue weighted by molar-refractivity contribution is 0.506. The zero-order chi connectivity index (χ0) is 15.2. The van der Waals surface area contributed by atoms with Gasteiger partial charge in [0, 0.05) is 34.5 Å². The van der Waals surface area contributed by atoms with Gasteiger partial charge < -0.3 is 4.42 Å². The first-order valence-corrected chi connectivity index (χ1v) is 8.28. The van der Waals surface area contributed by atoms with E-state index in [0.717, 1.165) is 29.7 Å². The summed E-state index contributed by atoms with van der Waals surface area (Å²) in [5, 5.41) is 3.65. The van der Waals surface area contributed by atoms with Crippen LogP contribution < -0.4 is 0 Å². The Morgan fingerprint density at radius 1 is 0.870 bits per heavy atom. The third-order valence-corrected chi connectivity index (χ3v) is 4.89. The first kappa shape index (κ1) is 12.9. The Bertz CT molecular complexity index is 1030. The minimum Gasteiger partial charge on any atom is -0.460 e. The number of benzene rings is 2. The average Bonchev–Trinajstić information content (AvgIpc) is 3.00. The van der Waals surface area contributed by atoms with Crippen molar-refractivity contribution in [3.63, 3.8) is 0 Å². The summed E-state index contributed by atoms with van der Waals surface area (Å²) in [4.78, 5) is 4.67. The van der Waals surface area contributed by atoms with E-state index < -0.39 is 0 Å². The number of hydrogen-bond donors (Lipinski definition) is 0. The standard InChI is InChI=1S/C21H17NO/c1-2-7-15-13-22-19(12-14(15)6-1)18-10-5-9-17-16-8-3-4-11-20(16)23-21(17)18/h1-2,5-7,9-10,12-13H,3-4,8,11H2. The van der Waals surface area contributed by atoms with Gasteiger partial charge in [-0.2, -0.15) is 0 Å². The van der Waals surface area contributed by atoms with Crippen LogP contribution in [0.4, 0.5) is 0 Å². The van der Waals surface area contributed by atoms with Crippen molar-refractivity contribution < 1.29 is 4.42 Å². The SMILES string of the molecule is c1ccc2cc(-c3cccc4c5c(oc34)CCCC5)ncc2c1. The molecular formula is C21H17NO.